The zero-order valence-corrected chi connectivity index (χ0v) is 14.2. The van der Waals surface area contributed by atoms with Gasteiger partial charge in [0.25, 0.3) is 0 Å². The van der Waals surface area contributed by atoms with Gasteiger partial charge < -0.3 is 4.57 Å². The Morgan fingerprint density at radius 1 is 1.25 bits per heavy atom. The number of hydrogen-bond acceptors (Lipinski definition) is 2. The second kappa shape index (κ2) is 5.93. The van der Waals surface area contributed by atoms with Gasteiger partial charge in [0.15, 0.2) is 0 Å². The minimum atomic E-state index is -4.49. The minimum Gasteiger partial charge on any atom is -0.332 e. The molecule has 3 heterocycles. The molecule has 0 fully saturated rings. The van der Waals surface area contributed by atoms with E-state index in [0.29, 0.717) is 28.0 Å². The summed E-state index contributed by atoms with van der Waals surface area (Å²) in [6, 6.07) is 5.59. The minimum absolute atomic E-state index is 0.240. The zero-order chi connectivity index (χ0) is 17.6. The number of pyridine rings is 2. The lowest BCUT2D eigenvalue weighted by Gasteiger charge is -2.09. The smallest absolute Gasteiger partial charge is 0.332 e. The van der Waals surface area contributed by atoms with E-state index in [1.807, 2.05) is 0 Å². The number of alkyl halides is 3. The van der Waals surface area contributed by atoms with E-state index in [0.717, 1.165) is 11.8 Å². The number of halogens is 5. The van der Waals surface area contributed by atoms with Gasteiger partial charge in [-0.1, -0.05) is 23.2 Å². The maximum absolute atomic E-state index is 13.0. The quantitative estimate of drug-likeness (QED) is 0.593. The van der Waals surface area contributed by atoms with Crippen LogP contribution in [0.15, 0.2) is 18.3 Å². The largest absolute Gasteiger partial charge is 0.433 e. The predicted octanol–water partition coefficient (Wildman–Crippen LogP) is 4.99. The van der Waals surface area contributed by atoms with Crippen LogP contribution < -0.4 is 0 Å². The molecule has 3 rings (SSSR count). The van der Waals surface area contributed by atoms with Crippen molar-refractivity contribution >= 4 is 34.2 Å². The highest BCUT2D eigenvalue weighted by Crippen LogP contribution is 2.33. The van der Waals surface area contributed by atoms with Crippen molar-refractivity contribution in [3.05, 3.63) is 57.1 Å². The first kappa shape index (κ1) is 17.0. The van der Waals surface area contributed by atoms with E-state index in [9.17, 15) is 13.2 Å². The number of aryl methyl sites for hydroxylation is 2. The molecular formula is C16H11Cl2F3N3. The van der Waals surface area contributed by atoms with E-state index in [-0.39, 0.29) is 10.8 Å². The van der Waals surface area contributed by atoms with Crippen LogP contribution in [-0.2, 0) is 19.6 Å². The highest BCUT2D eigenvalue weighted by Gasteiger charge is 2.33. The lowest BCUT2D eigenvalue weighted by atomic mass is 10.1. The Balaban J connectivity index is 2.14. The zero-order valence-electron chi connectivity index (χ0n) is 12.7. The van der Waals surface area contributed by atoms with Crippen molar-refractivity contribution in [2.75, 3.05) is 0 Å². The molecule has 0 aliphatic heterocycles. The Morgan fingerprint density at radius 3 is 2.58 bits per heavy atom. The SMILES string of the molecule is Cc1cc(C(F)(F)F)nc2c1cc(Cc1c(Cl)[c]cnc1Cl)n2C. The number of hydrogen-bond donors (Lipinski definition) is 0. The number of nitrogens with zero attached hydrogens (tertiary/aromatic N) is 3. The van der Waals surface area contributed by atoms with Gasteiger partial charge in [0.2, 0.25) is 0 Å². The third kappa shape index (κ3) is 2.96. The lowest BCUT2D eigenvalue weighted by Crippen LogP contribution is -2.09. The van der Waals surface area contributed by atoms with Crippen molar-refractivity contribution in [1.29, 1.82) is 0 Å². The van der Waals surface area contributed by atoms with Gasteiger partial charge in [0.05, 0.1) is 5.02 Å². The molecule has 0 aliphatic rings. The van der Waals surface area contributed by atoms with E-state index < -0.39 is 11.9 Å². The van der Waals surface area contributed by atoms with E-state index in [1.54, 1.807) is 24.6 Å². The summed E-state index contributed by atoms with van der Waals surface area (Å²) in [6.45, 7) is 1.63. The summed E-state index contributed by atoms with van der Waals surface area (Å²) in [7, 11) is 1.66. The molecule has 0 spiro atoms. The van der Waals surface area contributed by atoms with Crippen molar-refractivity contribution in [3.63, 3.8) is 0 Å². The van der Waals surface area contributed by atoms with Crippen LogP contribution in [0.5, 0.6) is 0 Å². The molecule has 0 atom stereocenters. The van der Waals surface area contributed by atoms with Crippen molar-refractivity contribution in [1.82, 2.24) is 14.5 Å². The first-order valence-electron chi connectivity index (χ1n) is 6.92. The van der Waals surface area contributed by atoms with Crippen LogP contribution in [0, 0.1) is 13.0 Å². The van der Waals surface area contributed by atoms with Gasteiger partial charge in [-0.25, -0.2) is 9.97 Å². The average molecular weight is 373 g/mol. The third-order valence-corrected chi connectivity index (χ3v) is 4.50. The Kier molecular flexibility index (Phi) is 4.21. The van der Waals surface area contributed by atoms with Gasteiger partial charge in [0, 0.05) is 42.4 Å². The lowest BCUT2D eigenvalue weighted by molar-refractivity contribution is -0.141. The van der Waals surface area contributed by atoms with Crippen LogP contribution in [0.1, 0.15) is 22.5 Å². The first-order chi connectivity index (χ1) is 11.2. The van der Waals surface area contributed by atoms with E-state index >= 15 is 0 Å². The molecule has 0 bridgehead atoms. The highest BCUT2D eigenvalue weighted by atomic mass is 35.5. The number of aromatic nitrogens is 3. The van der Waals surface area contributed by atoms with Crippen molar-refractivity contribution in [3.8, 4) is 0 Å². The summed E-state index contributed by atoms with van der Waals surface area (Å²) in [5, 5.41) is 1.23. The van der Waals surface area contributed by atoms with Gasteiger partial charge in [-0.15, -0.1) is 0 Å². The third-order valence-electron chi connectivity index (χ3n) is 3.84. The van der Waals surface area contributed by atoms with Gasteiger partial charge >= 0.3 is 6.18 Å². The molecule has 1 radical (unpaired) electrons. The molecule has 24 heavy (non-hydrogen) atoms. The second-order valence-electron chi connectivity index (χ2n) is 5.42. The van der Waals surface area contributed by atoms with Crippen LogP contribution in [0.4, 0.5) is 13.2 Å². The number of rotatable bonds is 2. The Morgan fingerprint density at radius 2 is 1.96 bits per heavy atom. The molecule has 3 nitrogen and oxygen atoms in total. The number of fused-ring (bicyclic) bond motifs is 1. The first-order valence-corrected chi connectivity index (χ1v) is 7.67. The van der Waals surface area contributed by atoms with Crippen molar-refractivity contribution < 1.29 is 13.2 Å². The second-order valence-corrected chi connectivity index (χ2v) is 6.15. The van der Waals surface area contributed by atoms with E-state index in [1.165, 1.54) is 6.20 Å². The molecule has 0 saturated heterocycles. The maximum atomic E-state index is 13.0. The molecule has 125 valence electrons. The van der Waals surface area contributed by atoms with Gasteiger partial charge in [-0.05, 0) is 24.6 Å². The standard InChI is InChI=1S/C16H11Cl2F3N3/c1-8-5-13(16(19,20)21)23-15-10(8)6-9(24(15)2)7-11-12(17)3-4-22-14(11)18/h4-6H,7H2,1-2H3. The summed E-state index contributed by atoms with van der Waals surface area (Å²) in [6.07, 6.45) is -2.80. The van der Waals surface area contributed by atoms with Gasteiger partial charge in [0.1, 0.15) is 16.5 Å². The molecule has 0 unspecified atom stereocenters. The molecule has 3 aromatic rings. The molecule has 0 aromatic carbocycles. The van der Waals surface area contributed by atoms with Gasteiger partial charge in [-0.3, -0.25) is 0 Å². The van der Waals surface area contributed by atoms with Gasteiger partial charge in [-0.2, -0.15) is 13.2 Å². The van der Waals surface area contributed by atoms with Crippen molar-refractivity contribution in [2.24, 2.45) is 7.05 Å². The van der Waals surface area contributed by atoms with Crippen molar-refractivity contribution in [2.45, 2.75) is 19.5 Å². The summed E-state index contributed by atoms with van der Waals surface area (Å²) in [5.41, 5.74) is 1.15. The highest BCUT2D eigenvalue weighted by molar-refractivity contribution is 6.35. The molecule has 0 amide bonds. The fraction of sp³-hybridized carbons (Fsp3) is 0.250. The molecule has 0 aliphatic carbocycles. The fourth-order valence-corrected chi connectivity index (χ4v) is 3.01. The Labute approximate surface area is 146 Å². The Hall–Kier alpha value is -1.79. The van der Waals surface area contributed by atoms with Crippen LogP contribution >= 0.6 is 23.2 Å². The molecular weight excluding hydrogens is 362 g/mol. The van der Waals surface area contributed by atoms with E-state index in [2.05, 4.69) is 16.0 Å². The molecule has 3 aromatic heterocycles. The van der Waals surface area contributed by atoms with Crippen LogP contribution in [0.25, 0.3) is 11.0 Å². The fourth-order valence-electron chi connectivity index (χ4n) is 2.55. The van der Waals surface area contributed by atoms with Crippen LogP contribution in [0.3, 0.4) is 0 Å². The topological polar surface area (TPSA) is 30.7 Å². The van der Waals surface area contributed by atoms with Crippen LogP contribution in [-0.4, -0.2) is 14.5 Å². The molecule has 0 N–H and O–H groups in total. The Bertz CT molecular complexity index is 912. The summed E-state index contributed by atoms with van der Waals surface area (Å²) in [4.78, 5) is 7.70. The van der Waals surface area contributed by atoms with E-state index in [4.69, 9.17) is 23.2 Å². The molecule has 8 heteroatoms. The average Bonchev–Trinajstić information content (AvgIpc) is 2.80. The summed E-state index contributed by atoms with van der Waals surface area (Å²) < 4.78 is 40.5. The normalized spacial score (nSPS) is 12.1. The predicted molar refractivity (Wildman–Crippen MR) is 86.4 cm³/mol. The summed E-state index contributed by atoms with van der Waals surface area (Å²) in [5.74, 6) is 0. The summed E-state index contributed by atoms with van der Waals surface area (Å²) >= 11 is 12.2. The molecule has 0 saturated carbocycles. The monoisotopic (exact) mass is 372 g/mol. The maximum Gasteiger partial charge on any atom is 0.433 e. The van der Waals surface area contributed by atoms with Crippen LogP contribution in [0.2, 0.25) is 10.2 Å².